The molecule has 0 fully saturated rings. The minimum atomic E-state index is -4.54. The van der Waals surface area contributed by atoms with E-state index in [9.17, 15) is 31.0 Å². The fraction of sp³-hybridized carbons (Fsp3) is 0.0476. The summed E-state index contributed by atoms with van der Waals surface area (Å²) in [4.78, 5) is 38.6. The van der Waals surface area contributed by atoms with Gasteiger partial charge in [0.1, 0.15) is 21.4 Å². The van der Waals surface area contributed by atoms with Gasteiger partial charge in [0.05, 0.1) is 27.6 Å². The quantitative estimate of drug-likeness (QED) is 0.0703. The molecule has 6 aromatic carbocycles. The van der Waals surface area contributed by atoms with E-state index < -0.39 is 31.0 Å². The number of aryl methyl sites for hydroxylation is 1. The van der Waals surface area contributed by atoms with Crippen molar-refractivity contribution in [2.75, 3.05) is 5.32 Å². The lowest BCUT2D eigenvalue weighted by Crippen LogP contribution is -2.16. The van der Waals surface area contributed by atoms with Crippen LogP contribution < -0.4 is 5.32 Å². The van der Waals surface area contributed by atoms with Gasteiger partial charge in [-0.05, 0) is 91.2 Å². The zero-order valence-electron chi connectivity index (χ0n) is 30.0. The van der Waals surface area contributed by atoms with Crippen LogP contribution in [0.2, 0.25) is 0 Å². The SMILES string of the molecule is Cc1ccc(-c2nc3ccc(Cc4ccc5nc(-c6ccc(NC(=O)c7ccccc7S(=O)(=O)O)cc6)[nH]c5c4)cc3[nH]2)cc1.O=Cc1ccccc1S(=O)(=O)O. The summed E-state index contributed by atoms with van der Waals surface area (Å²) in [6.45, 7) is 2.07. The number of imidazole rings is 2. The summed E-state index contributed by atoms with van der Waals surface area (Å²) in [7, 11) is -8.82. The first-order chi connectivity index (χ1) is 27.2. The summed E-state index contributed by atoms with van der Waals surface area (Å²) >= 11 is 0. The maximum absolute atomic E-state index is 12.7. The van der Waals surface area contributed by atoms with Gasteiger partial charge >= 0.3 is 0 Å². The van der Waals surface area contributed by atoms with Crippen LogP contribution in [-0.2, 0) is 26.7 Å². The predicted molar refractivity (Wildman–Crippen MR) is 216 cm³/mol. The number of aromatic nitrogens is 4. The summed E-state index contributed by atoms with van der Waals surface area (Å²) in [5.41, 5.74) is 9.33. The number of rotatable bonds is 9. The van der Waals surface area contributed by atoms with Gasteiger partial charge in [0.25, 0.3) is 26.1 Å². The molecule has 8 rings (SSSR count). The van der Waals surface area contributed by atoms with E-state index in [1.807, 2.05) is 24.3 Å². The van der Waals surface area contributed by atoms with Crippen molar-refractivity contribution in [1.82, 2.24) is 19.9 Å². The van der Waals surface area contributed by atoms with E-state index in [2.05, 4.69) is 70.7 Å². The molecule has 0 aliphatic heterocycles. The highest BCUT2D eigenvalue weighted by Crippen LogP contribution is 2.26. The Labute approximate surface area is 327 Å². The highest BCUT2D eigenvalue weighted by atomic mass is 32.2. The van der Waals surface area contributed by atoms with E-state index >= 15 is 0 Å². The lowest BCUT2D eigenvalue weighted by atomic mass is 10.0. The number of anilines is 1. The minimum absolute atomic E-state index is 0.0417. The Bertz CT molecular complexity index is 3010. The van der Waals surface area contributed by atoms with Crippen LogP contribution in [0.1, 0.15) is 37.4 Å². The van der Waals surface area contributed by atoms with Gasteiger partial charge in [0.2, 0.25) is 0 Å². The van der Waals surface area contributed by atoms with Gasteiger partial charge < -0.3 is 15.3 Å². The Hall–Kier alpha value is -6.78. The number of aldehydes is 1. The van der Waals surface area contributed by atoms with Gasteiger partial charge in [-0.2, -0.15) is 16.8 Å². The van der Waals surface area contributed by atoms with E-state index in [1.54, 1.807) is 12.1 Å². The number of H-pyrrole nitrogens is 2. The molecular formula is C42H33N5O8S2. The highest BCUT2D eigenvalue weighted by Gasteiger charge is 2.20. The molecule has 57 heavy (non-hydrogen) atoms. The van der Waals surface area contributed by atoms with Crippen molar-refractivity contribution in [2.24, 2.45) is 0 Å². The molecule has 15 heteroatoms. The Morgan fingerprint density at radius 2 is 1.14 bits per heavy atom. The third kappa shape index (κ3) is 8.87. The molecule has 13 nitrogen and oxygen atoms in total. The highest BCUT2D eigenvalue weighted by molar-refractivity contribution is 7.86. The number of carbonyl (C=O) groups is 2. The smallest absolute Gasteiger partial charge is 0.295 e. The van der Waals surface area contributed by atoms with E-state index in [4.69, 9.17) is 14.5 Å². The van der Waals surface area contributed by atoms with Gasteiger partial charge in [-0.3, -0.25) is 18.7 Å². The number of nitrogens with zero attached hydrogens (tertiary/aromatic N) is 2. The molecular weight excluding hydrogens is 767 g/mol. The average molecular weight is 800 g/mol. The van der Waals surface area contributed by atoms with Gasteiger partial charge in [-0.1, -0.05) is 72.3 Å². The Balaban J connectivity index is 0.000000356. The van der Waals surface area contributed by atoms with E-state index in [1.165, 1.54) is 54.1 Å². The first kappa shape index (κ1) is 38.5. The topological polar surface area (TPSA) is 212 Å². The second-order valence-electron chi connectivity index (χ2n) is 13.1. The molecule has 0 aliphatic carbocycles. The molecule has 0 unspecified atom stereocenters. The van der Waals surface area contributed by atoms with Crippen molar-refractivity contribution < 1.29 is 35.5 Å². The van der Waals surface area contributed by atoms with Crippen molar-refractivity contribution >= 4 is 60.2 Å². The molecule has 2 aromatic heterocycles. The molecule has 1 amide bonds. The van der Waals surface area contributed by atoms with Crippen LogP contribution in [0.3, 0.4) is 0 Å². The number of carbonyl (C=O) groups excluding carboxylic acids is 2. The number of hydrogen-bond donors (Lipinski definition) is 5. The van der Waals surface area contributed by atoms with Crippen molar-refractivity contribution in [3.05, 3.63) is 161 Å². The van der Waals surface area contributed by atoms with Crippen LogP contribution in [0.4, 0.5) is 5.69 Å². The fourth-order valence-electron chi connectivity index (χ4n) is 6.16. The van der Waals surface area contributed by atoms with Crippen molar-refractivity contribution in [2.45, 2.75) is 23.1 Å². The minimum Gasteiger partial charge on any atom is -0.338 e. The lowest BCUT2D eigenvalue weighted by molar-refractivity contribution is 0.102. The maximum atomic E-state index is 12.7. The zero-order valence-corrected chi connectivity index (χ0v) is 31.7. The predicted octanol–water partition coefficient (Wildman–Crippen LogP) is 7.92. The number of nitrogens with one attached hydrogen (secondary N) is 3. The van der Waals surface area contributed by atoms with Gasteiger partial charge in [-0.15, -0.1) is 0 Å². The third-order valence-corrected chi connectivity index (χ3v) is 10.8. The molecule has 0 atom stereocenters. The molecule has 0 aliphatic rings. The van der Waals surface area contributed by atoms with Crippen LogP contribution >= 0.6 is 0 Å². The monoisotopic (exact) mass is 799 g/mol. The third-order valence-electron chi connectivity index (χ3n) is 8.98. The molecule has 0 bridgehead atoms. The van der Waals surface area contributed by atoms with Gasteiger partial charge in [0.15, 0.2) is 6.29 Å². The van der Waals surface area contributed by atoms with Gasteiger partial charge in [0, 0.05) is 22.4 Å². The molecule has 2 heterocycles. The van der Waals surface area contributed by atoms with Crippen LogP contribution in [0.25, 0.3) is 44.8 Å². The van der Waals surface area contributed by atoms with E-state index in [-0.39, 0.29) is 16.0 Å². The van der Waals surface area contributed by atoms with Crippen LogP contribution in [0.5, 0.6) is 0 Å². The summed E-state index contributed by atoms with van der Waals surface area (Å²) in [6, 6.07) is 38.7. The van der Waals surface area contributed by atoms with Crippen molar-refractivity contribution in [1.29, 1.82) is 0 Å². The summed E-state index contributed by atoms with van der Waals surface area (Å²) in [5.74, 6) is 0.886. The first-order valence-corrected chi connectivity index (χ1v) is 20.2. The summed E-state index contributed by atoms with van der Waals surface area (Å²) in [5, 5.41) is 2.68. The lowest BCUT2D eigenvalue weighted by Gasteiger charge is -2.08. The maximum Gasteiger partial charge on any atom is 0.295 e. The number of fused-ring (bicyclic) bond motifs is 2. The van der Waals surface area contributed by atoms with Crippen LogP contribution in [-0.4, -0.2) is 58.1 Å². The molecule has 0 spiro atoms. The summed E-state index contributed by atoms with van der Waals surface area (Å²) < 4.78 is 62.6. The van der Waals surface area contributed by atoms with Crippen molar-refractivity contribution in [3.63, 3.8) is 0 Å². The largest absolute Gasteiger partial charge is 0.338 e. The van der Waals surface area contributed by atoms with E-state index in [0.29, 0.717) is 17.8 Å². The van der Waals surface area contributed by atoms with Crippen LogP contribution in [0.15, 0.2) is 143 Å². The standard InChI is InChI=1S/C35H27N5O4S.C7H6O4S/c1-21-6-10-24(11-7-21)33-37-28-16-8-22(19-30(28)39-33)18-23-9-17-29-31(20-23)40-34(38-29)25-12-14-26(15-13-25)36-35(41)27-4-2-3-5-32(27)45(42,43)44;8-5-6-3-1-2-4-7(6)12(9,10)11/h2-17,19-20H,18H2,1H3,(H,36,41)(H,37,39)(H,38,40)(H,42,43,44);1-5H,(H,9,10,11). The number of hydrogen-bond acceptors (Lipinski definition) is 8. The first-order valence-electron chi connectivity index (χ1n) is 17.3. The second kappa shape index (κ2) is 15.8. The number of benzene rings is 6. The molecule has 0 radical (unpaired) electrons. The van der Waals surface area contributed by atoms with Crippen LogP contribution in [0, 0.1) is 6.92 Å². The number of aromatic amines is 2. The zero-order chi connectivity index (χ0) is 40.3. The average Bonchev–Trinajstić information content (AvgIpc) is 3.82. The van der Waals surface area contributed by atoms with E-state index in [0.717, 1.165) is 56.6 Å². The molecule has 286 valence electrons. The fourth-order valence-corrected chi connectivity index (χ4v) is 7.51. The van der Waals surface area contributed by atoms with Crippen molar-refractivity contribution in [3.8, 4) is 22.8 Å². The van der Waals surface area contributed by atoms with Gasteiger partial charge in [-0.25, -0.2) is 9.97 Å². The Morgan fingerprint density at radius 3 is 1.65 bits per heavy atom. The Kier molecular flexibility index (Phi) is 10.6. The second-order valence-corrected chi connectivity index (χ2v) is 15.8. The Morgan fingerprint density at radius 1 is 0.649 bits per heavy atom. The molecule has 0 saturated heterocycles. The molecule has 5 N–H and O–H groups in total. The normalized spacial score (nSPS) is 11.6. The summed E-state index contributed by atoms with van der Waals surface area (Å²) in [6.07, 6.45) is 1.12. The number of amides is 1. The molecule has 0 saturated carbocycles. The molecule has 8 aromatic rings.